The lowest BCUT2D eigenvalue weighted by molar-refractivity contribution is -0.117. The van der Waals surface area contributed by atoms with E-state index in [0.29, 0.717) is 0 Å². The number of carbonyl (C=O) groups is 1. The van der Waals surface area contributed by atoms with Gasteiger partial charge >= 0.3 is 0 Å². The number of rotatable bonds is 12. The molecule has 0 saturated carbocycles. The van der Waals surface area contributed by atoms with Gasteiger partial charge in [-0.1, -0.05) is 44.1 Å². The second-order valence-corrected chi connectivity index (χ2v) is 7.41. The molecule has 29 heavy (non-hydrogen) atoms. The number of aryl methyl sites for hydroxylation is 1. The number of carbonyl (C=O) groups excluding carboxylic acids is 1. The largest absolute Gasteiger partial charge is 0.350 e. The molecule has 1 N–H and O–H groups in total. The predicted molar refractivity (Wildman–Crippen MR) is 120 cm³/mol. The van der Waals surface area contributed by atoms with Crippen LogP contribution in [0.1, 0.15) is 63.5 Å². The van der Waals surface area contributed by atoms with Crippen molar-refractivity contribution >= 4 is 11.5 Å². The molecule has 2 aromatic rings. The molecule has 0 aliphatic rings. The van der Waals surface area contributed by atoms with Gasteiger partial charge in [0.15, 0.2) is 0 Å². The number of allylic oxidation sites excluding steroid dienone is 3. The molecule has 1 atom stereocenters. The molecule has 0 bridgehead atoms. The Bertz CT molecular complexity index is 769. The van der Waals surface area contributed by atoms with Gasteiger partial charge in [-0.3, -0.25) is 14.8 Å². The van der Waals surface area contributed by atoms with Crippen molar-refractivity contribution < 1.29 is 4.79 Å². The fourth-order valence-electron chi connectivity index (χ4n) is 3.22. The molecule has 2 aromatic heterocycles. The van der Waals surface area contributed by atoms with Crippen LogP contribution >= 0.6 is 0 Å². The minimum Gasteiger partial charge on any atom is -0.350 e. The molecule has 0 unspecified atom stereocenters. The fraction of sp³-hybridized carbons (Fsp3) is 0.400. The zero-order valence-electron chi connectivity index (χ0n) is 17.7. The van der Waals surface area contributed by atoms with Crippen LogP contribution in [0, 0.1) is 0 Å². The van der Waals surface area contributed by atoms with Crippen LogP contribution in [-0.2, 0) is 11.2 Å². The highest BCUT2D eigenvalue weighted by Crippen LogP contribution is 2.20. The maximum absolute atomic E-state index is 12.2. The van der Waals surface area contributed by atoms with Gasteiger partial charge in [-0.2, -0.15) is 0 Å². The van der Waals surface area contributed by atoms with Crippen LogP contribution < -0.4 is 5.32 Å². The minimum absolute atomic E-state index is 0.0470. The Morgan fingerprint density at radius 2 is 1.90 bits per heavy atom. The summed E-state index contributed by atoms with van der Waals surface area (Å²) in [5.74, 6) is -0.0470. The molecule has 0 aliphatic carbocycles. The van der Waals surface area contributed by atoms with Crippen LogP contribution in [0.4, 0.5) is 0 Å². The van der Waals surface area contributed by atoms with Gasteiger partial charge in [0.25, 0.3) is 0 Å². The average molecular weight is 392 g/mol. The molecule has 2 heterocycles. The van der Waals surface area contributed by atoms with E-state index in [1.807, 2.05) is 36.7 Å². The molecule has 0 saturated heterocycles. The topological polar surface area (TPSA) is 54.9 Å². The van der Waals surface area contributed by atoms with E-state index in [0.717, 1.165) is 37.7 Å². The van der Waals surface area contributed by atoms with E-state index < -0.39 is 0 Å². The summed E-state index contributed by atoms with van der Waals surface area (Å²) in [6.45, 7) is 4.26. The quantitative estimate of drug-likeness (QED) is 0.294. The molecular weight excluding hydrogens is 358 g/mol. The summed E-state index contributed by atoms with van der Waals surface area (Å²) in [5.41, 5.74) is 3.58. The maximum Gasteiger partial charge on any atom is 0.244 e. The van der Waals surface area contributed by atoms with Crippen LogP contribution in [0.5, 0.6) is 0 Å². The Morgan fingerprint density at radius 3 is 2.59 bits per heavy atom. The van der Waals surface area contributed by atoms with Crippen LogP contribution in [-0.4, -0.2) is 21.9 Å². The number of nitrogens with one attached hydrogen (secondary N) is 1. The molecular formula is C25H33N3O. The molecule has 4 heteroatoms. The van der Waals surface area contributed by atoms with Gasteiger partial charge in [0.05, 0.1) is 0 Å². The molecule has 4 nitrogen and oxygen atoms in total. The predicted octanol–water partition coefficient (Wildman–Crippen LogP) is 5.52. The van der Waals surface area contributed by atoms with Crippen molar-refractivity contribution in [2.24, 2.45) is 0 Å². The highest BCUT2D eigenvalue weighted by molar-refractivity contribution is 5.88. The molecule has 1 amide bonds. The van der Waals surface area contributed by atoms with E-state index in [1.54, 1.807) is 18.5 Å². The number of unbranched alkanes of at least 4 members (excludes halogenated alkanes) is 2. The Hall–Kier alpha value is -2.75. The van der Waals surface area contributed by atoms with Crippen molar-refractivity contribution in [1.29, 1.82) is 0 Å². The Morgan fingerprint density at radius 1 is 1.10 bits per heavy atom. The molecule has 0 fully saturated rings. The Balaban J connectivity index is 1.81. The minimum atomic E-state index is -0.0470. The summed E-state index contributed by atoms with van der Waals surface area (Å²) < 4.78 is 0. The zero-order valence-corrected chi connectivity index (χ0v) is 17.7. The molecule has 0 radical (unpaired) electrons. The number of aromatic nitrogens is 2. The lowest BCUT2D eigenvalue weighted by Crippen LogP contribution is -2.31. The first-order chi connectivity index (χ1) is 14.2. The summed E-state index contributed by atoms with van der Waals surface area (Å²) in [4.78, 5) is 20.6. The fourth-order valence-corrected chi connectivity index (χ4v) is 3.22. The van der Waals surface area contributed by atoms with E-state index in [1.165, 1.54) is 24.0 Å². The van der Waals surface area contributed by atoms with Gasteiger partial charge in [-0.05, 0) is 67.9 Å². The Labute approximate surface area is 175 Å². The normalized spacial score (nSPS) is 12.8. The first-order valence-electron chi connectivity index (χ1n) is 10.7. The van der Waals surface area contributed by atoms with E-state index in [4.69, 9.17) is 0 Å². The molecule has 0 aromatic carbocycles. The molecule has 0 spiro atoms. The van der Waals surface area contributed by atoms with Crippen molar-refractivity contribution in [3.05, 3.63) is 78.4 Å². The maximum atomic E-state index is 12.2. The molecule has 154 valence electrons. The monoisotopic (exact) mass is 391 g/mol. The lowest BCUT2D eigenvalue weighted by atomic mass is 10.0. The van der Waals surface area contributed by atoms with E-state index >= 15 is 0 Å². The summed E-state index contributed by atoms with van der Waals surface area (Å²) >= 11 is 0. The van der Waals surface area contributed by atoms with Crippen LogP contribution in [0.25, 0.3) is 5.57 Å². The SMILES string of the molecule is CCCCC/C(=C/C=C/C(=O)N[C@H](C)CCCc1cccnc1)c1cccnc1. The second kappa shape index (κ2) is 13.4. The standard InChI is InChI=1S/C25H33N3O/c1-3-4-5-13-23(24-15-9-18-27-20-24)14-7-16-25(29)28-21(2)10-6-11-22-12-8-17-26-19-22/h7-9,12,14-21H,3-6,10-11,13H2,1-2H3,(H,28,29)/b16-7+,23-14-/t21-/m1/s1. The van der Waals surface area contributed by atoms with Crippen molar-refractivity contribution in [1.82, 2.24) is 15.3 Å². The number of hydrogen-bond acceptors (Lipinski definition) is 3. The first kappa shape index (κ1) is 22.5. The van der Waals surface area contributed by atoms with Crippen molar-refractivity contribution in [2.75, 3.05) is 0 Å². The van der Waals surface area contributed by atoms with Gasteiger partial charge in [0.1, 0.15) is 0 Å². The summed E-state index contributed by atoms with van der Waals surface area (Å²) in [6.07, 6.45) is 20.4. The zero-order chi connectivity index (χ0) is 20.7. The summed E-state index contributed by atoms with van der Waals surface area (Å²) in [7, 11) is 0. The van der Waals surface area contributed by atoms with Crippen molar-refractivity contribution in [2.45, 2.75) is 64.8 Å². The van der Waals surface area contributed by atoms with Gasteiger partial charge in [-0.15, -0.1) is 0 Å². The third kappa shape index (κ3) is 9.33. The third-order valence-corrected chi connectivity index (χ3v) is 4.84. The third-order valence-electron chi connectivity index (χ3n) is 4.84. The van der Waals surface area contributed by atoms with Crippen LogP contribution in [0.3, 0.4) is 0 Å². The second-order valence-electron chi connectivity index (χ2n) is 7.41. The average Bonchev–Trinajstić information content (AvgIpc) is 2.74. The molecule has 2 rings (SSSR count). The van der Waals surface area contributed by atoms with E-state index in [2.05, 4.69) is 41.3 Å². The van der Waals surface area contributed by atoms with Crippen LogP contribution in [0.15, 0.2) is 67.3 Å². The highest BCUT2D eigenvalue weighted by Gasteiger charge is 2.05. The molecule has 0 aliphatic heterocycles. The van der Waals surface area contributed by atoms with Gasteiger partial charge in [0.2, 0.25) is 5.91 Å². The highest BCUT2D eigenvalue weighted by atomic mass is 16.1. The van der Waals surface area contributed by atoms with Crippen LogP contribution in [0.2, 0.25) is 0 Å². The van der Waals surface area contributed by atoms with E-state index in [9.17, 15) is 4.79 Å². The lowest BCUT2D eigenvalue weighted by Gasteiger charge is -2.12. The number of pyridine rings is 2. The van der Waals surface area contributed by atoms with Crippen molar-refractivity contribution in [3.8, 4) is 0 Å². The summed E-state index contributed by atoms with van der Waals surface area (Å²) in [6, 6.07) is 8.22. The summed E-state index contributed by atoms with van der Waals surface area (Å²) in [5, 5.41) is 3.05. The van der Waals surface area contributed by atoms with Gasteiger partial charge < -0.3 is 5.32 Å². The number of nitrogens with zero attached hydrogens (tertiary/aromatic N) is 2. The number of amides is 1. The smallest absolute Gasteiger partial charge is 0.244 e. The van der Waals surface area contributed by atoms with Gasteiger partial charge in [-0.25, -0.2) is 0 Å². The Kier molecular flexibility index (Phi) is 10.4. The van der Waals surface area contributed by atoms with E-state index in [-0.39, 0.29) is 11.9 Å². The first-order valence-corrected chi connectivity index (χ1v) is 10.7. The van der Waals surface area contributed by atoms with Crippen molar-refractivity contribution in [3.63, 3.8) is 0 Å². The number of hydrogen-bond donors (Lipinski definition) is 1. The van der Waals surface area contributed by atoms with Gasteiger partial charge in [0, 0.05) is 36.9 Å².